The fourth-order valence-electron chi connectivity index (χ4n) is 5.08. The fourth-order valence-corrected chi connectivity index (χ4v) is 5.08. The van der Waals surface area contributed by atoms with Crippen LogP contribution < -0.4 is 4.90 Å². The number of likely N-dealkylation sites (tertiary alicyclic amines) is 1. The minimum Gasteiger partial charge on any atom is -0.378 e. The first-order valence-corrected chi connectivity index (χ1v) is 10.9. The summed E-state index contributed by atoms with van der Waals surface area (Å²) < 4.78 is 5.30. The van der Waals surface area contributed by atoms with Gasteiger partial charge in [0.15, 0.2) is 6.54 Å². The lowest BCUT2D eigenvalue weighted by Gasteiger charge is -2.34. The average Bonchev–Trinajstić information content (AvgIpc) is 3.38. The Kier molecular flexibility index (Phi) is 6.16. The van der Waals surface area contributed by atoms with E-state index in [1.54, 1.807) is 0 Å². The van der Waals surface area contributed by atoms with Crippen molar-refractivity contribution in [2.24, 2.45) is 5.92 Å². The summed E-state index contributed by atoms with van der Waals surface area (Å²) in [4.78, 5) is 44.7. The van der Waals surface area contributed by atoms with Crippen LogP contribution in [0.25, 0.3) is 0 Å². The minimum absolute atomic E-state index is 0.132. The van der Waals surface area contributed by atoms with Crippen LogP contribution in [0.2, 0.25) is 0 Å². The first kappa shape index (κ1) is 19.6. The fraction of sp³-hybridized carbons (Fsp3) is 0.850. The highest BCUT2D eigenvalue weighted by Crippen LogP contribution is 2.30. The maximum Gasteiger partial charge on any atom is 0.277 e. The molecule has 3 aliphatic heterocycles. The Hall–Kier alpha value is -1.67. The van der Waals surface area contributed by atoms with Gasteiger partial charge in [-0.15, -0.1) is 0 Å². The van der Waals surface area contributed by atoms with Crippen LogP contribution in [0.4, 0.5) is 0 Å². The molecule has 1 saturated carbocycles. The highest BCUT2D eigenvalue weighted by atomic mass is 16.5. The van der Waals surface area contributed by atoms with Crippen molar-refractivity contribution >= 4 is 17.7 Å². The second kappa shape index (κ2) is 8.78. The number of quaternary nitrogens is 1. The van der Waals surface area contributed by atoms with Crippen LogP contribution in [0.3, 0.4) is 0 Å². The molecule has 1 N–H and O–H groups in total. The molecule has 0 spiro atoms. The van der Waals surface area contributed by atoms with E-state index in [-0.39, 0.29) is 23.6 Å². The summed E-state index contributed by atoms with van der Waals surface area (Å²) in [5, 5.41) is 0. The Labute approximate surface area is 166 Å². The van der Waals surface area contributed by atoms with Crippen molar-refractivity contribution in [1.82, 2.24) is 14.7 Å². The van der Waals surface area contributed by atoms with Gasteiger partial charge in [-0.1, -0.05) is 12.8 Å². The van der Waals surface area contributed by atoms with E-state index in [0.29, 0.717) is 64.9 Å². The highest BCUT2D eigenvalue weighted by molar-refractivity contribution is 5.89. The van der Waals surface area contributed by atoms with Crippen molar-refractivity contribution < 1.29 is 24.0 Å². The van der Waals surface area contributed by atoms with Crippen molar-refractivity contribution in [2.45, 2.75) is 38.1 Å². The highest BCUT2D eigenvalue weighted by Gasteiger charge is 2.41. The topological polar surface area (TPSA) is 74.6 Å². The molecule has 1 atom stereocenters. The molecule has 28 heavy (non-hydrogen) atoms. The first-order valence-electron chi connectivity index (χ1n) is 10.9. The molecule has 4 aliphatic rings. The lowest BCUT2D eigenvalue weighted by molar-refractivity contribution is -0.896. The second-order valence-corrected chi connectivity index (χ2v) is 8.63. The van der Waals surface area contributed by atoms with E-state index in [4.69, 9.17) is 4.74 Å². The van der Waals surface area contributed by atoms with E-state index < -0.39 is 0 Å². The molecule has 4 rings (SSSR count). The third-order valence-electron chi connectivity index (χ3n) is 6.82. The molecule has 0 aromatic carbocycles. The van der Waals surface area contributed by atoms with Crippen LogP contribution >= 0.6 is 0 Å². The number of hydrogen-bond acceptors (Lipinski definition) is 4. The monoisotopic (exact) mass is 393 g/mol. The summed E-state index contributed by atoms with van der Waals surface area (Å²) in [5.74, 6) is 0.300. The second-order valence-electron chi connectivity index (χ2n) is 8.63. The van der Waals surface area contributed by atoms with Crippen LogP contribution in [0.15, 0.2) is 0 Å². The Bertz CT molecular complexity index is 593. The summed E-state index contributed by atoms with van der Waals surface area (Å²) >= 11 is 0. The van der Waals surface area contributed by atoms with E-state index in [2.05, 4.69) is 0 Å². The number of nitrogens with zero attached hydrogens (tertiary/aromatic N) is 3. The third-order valence-corrected chi connectivity index (χ3v) is 6.82. The van der Waals surface area contributed by atoms with Crippen molar-refractivity contribution in [2.75, 3.05) is 65.6 Å². The summed E-state index contributed by atoms with van der Waals surface area (Å²) in [6, 6.07) is 0.359. The Balaban J connectivity index is 1.23. The van der Waals surface area contributed by atoms with Gasteiger partial charge in [-0.25, -0.2) is 0 Å². The zero-order valence-electron chi connectivity index (χ0n) is 16.7. The molecule has 8 nitrogen and oxygen atoms in total. The van der Waals surface area contributed by atoms with E-state index in [1.807, 2.05) is 14.7 Å². The quantitative estimate of drug-likeness (QED) is 0.622. The Morgan fingerprint density at radius 3 is 2.36 bits per heavy atom. The van der Waals surface area contributed by atoms with Crippen molar-refractivity contribution in [3.8, 4) is 0 Å². The van der Waals surface area contributed by atoms with Crippen LogP contribution in [0, 0.1) is 5.92 Å². The molecular formula is C20H33N4O4+. The SMILES string of the molecule is O=C(C[NH+]1CCN(C(=O)[C@@H]2CC(=O)N(C3CCCC3)C2)CC1)N1CCOCC1. The smallest absolute Gasteiger partial charge is 0.277 e. The molecule has 3 amide bonds. The maximum atomic E-state index is 12.9. The van der Waals surface area contributed by atoms with Gasteiger partial charge in [0.25, 0.3) is 5.91 Å². The Morgan fingerprint density at radius 1 is 1.00 bits per heavy atom. The number of nitrogens with one attached hydrogen (secondary N) is 1. The summed E-state index contributed by atoms with van der Waals surface area (Å²) in [6.07, 6.45) is 4.94. The predicted octanol–water partition coefficient (Wildman–Crippen LogP) is -1.64. The predicted molar refractivity (Wildman–Crippen MR) is 102 cm³/mol. The number of ether oxygens (including phenoxy) is 1. The molecule has 1 aliphatic carbocycles. The van der Waals surface area contributed by atoms with Gasteiger partial charge in [0.05, 0.1) is 45.3 Å². The van der Waals surface area contributed by atoms with Crippen LogP contribution in [0.5, 0.6) is 0 Å². The molecule has 4 fully saturated rings. The molecule has 0 bridgehead atoms. The number of carbonyl (C=O) groups is 3. The lowest BCUT2D eigenvalue weighted by Crippen LogP contribution is -3.15. The van der Waals surface area contributed by atoms with Crippen molar-refractivity contribution in [3.63, 3.8) is 0 Å². The van der Waals surface area contributed by atoms with E-state index in [9.17, 15) is 14.4 Å². The van der Waals surface area contributed by atoms with E-state index >= 15 is 0 Å². The molecule has 0 aromatic heterocycles. The average molecular weight is 394 g/mol. The number of piperazine rings is 1. The van der Waals surface area contributed by atoms with Gasteiger partial charge < -0.3 is 24.3 Å². The summed E-state index contributed by atoms with van der Waals surface area (Å²) in [5.41, 5.74) is 0. The van der Waals surface area contributed by atoms with Gasteiger partial charge in [-0.3, -0.25) is 14.4 Å². The van der Waals surface area contributed by atoms with Crippen LogP contribution in [0.1, 0.15) is 32.1 Å². The van der Waals surface area contributed by atoms with E-state index in [1.165, 1.54) is 17.7 Å². The maximum absolute atomic E-state index is 12.9. The number of morpholine rings is 1. The number of carbonyl (C=O) groups excluding carboxylic acids is 3. The van der Waals surface area contributed by atoms with Crippen LogP contribution in [-0.4, -0.2) is 104 Å². The lowest BCUT2D eigenvalue weighted by atomic mass is 10.1. The van der Waals surface area contributed by atoms with Crippen LogP contribution in [-0.2, 0) is 19.1 Å². The zero-order chi connectivity index (χ0) is 19.5. The minimum atomic E-state index is -0.176. The largest absolute Gasteiger partial charge is 0.378 e. The molecule has 0 radical (unpaired) electrons. The third kappa shape index (κ3) is 4.33. The Morgan fingerprint density at radius 2 is 1.68 bits per heavy atom. The van der Waals surface area contributed by atoms with Crippen molar-refractivity contribution in [1.29, 1.82) is 0 Å². The molecule has 0 unspecified atom stereocenters. The number of hydrogen-bond donors (Lipinski definition) is 1. The standard InChI is InChI=1S/C20H32N4O4/c25-18-13-16(14-24(18)17-3-1-2-4-17)20(27)23-7-5-21(6-8-23)15-19(26)22-9-11-28-12-10-22/h16-17H,1-15H2/p+1/t16-/m1/s1. The molecular weight excluding hydrogens is 360 g/mol. The molecule has 3 heterocycles. The molecule has 8 heteroatoms. The van der Waals surface area contributed by atoms with Gasteiger partial charge in [-0.05, 0) is 12.8 Å². The number of rotatable bonds is 4. The summed E-state index contributed by atoms with van der Waals surface area (Å²) in [7, 11) is 0. The molecule has 3 saturated heterocycles. The van der Waals surface area contributed by atoms with Crippen molar-refractivity contribution in [3.05, 3.63) is 0 Å². The summed E-state index contributed by atoms with van der Waals surface area (Å²) in [6.45, 7) is 6.68. The van der Waals surface area contributed by atoms with Gasteiger partial charge in [-0.2, -0.15) is 0 Å². The van der Waals surface area contributed by atoms with E-state index in [0.717, 1.165) is 25.9 Å². The van der Waals surface area contributed by atoms with Gasteiger partial charge >= 0.3 is 0 Å². The number of amides is 3. The van der Waals surface area contributed by atoms with Gasteiger partial charge in [0.2, 0.25) is 11.8 Å². The molecule has 0 aromatic rings. The van der Waals surface area contributed by atoms with Gasteiger partial charge in [0.1, 0.15) is 0 Å². The normalized spacial score (nSPS) is 27.6. The zero-order valence-corrected chi connectivity index (χ0v) is 16.7. The van der Waals surface area contributed by atoms with Gasteiger partial charge in [0, 0.05) is 32.1 Å². The molecule has 156 valence electrons. The first-order chi connectivity index (χ1) is 13.6.